The van der Waals surface area contributed by atoms with Gasteiger partial charge in [0.15, 0.2) is 0 Å². The summed E-state index contributed by atoms with van der Waals surface area (Å²) < 4.78 is 0. The van der Waals surface area contributed by atoms with Crippen LogP contribution in [0, 0.1) is 11.8 Å². The maximum atomic E-state index is 2.77. The number of likely N-dealkylation sites (N-methyl/N-ethyl adjacent to an activating group) is 1. The molecule has 100 valence electrons. The van der Waals surface area contributed by atoms with Crippen molar-refractivity contribution in [3.63, 3.8) is 0 Å². The Bertz CT molecular complexity index is 211. The van der Waals surface area contributed by atoms with E-state index in [1.807, 2.05) is 0 Å². The highest BCUT2D eigenvalue weighted by atomic mass is 15.3. The minimum atomic E-state index is 0.896. The molecule has 0 amide bonds. The van der Waals surface area contributed by atoms with Gasteiger partial charge in [0, 0.05) is 32.2 Å². The lowest BCUT2D eigenvalue weighted by atomic mass is 9.79. The van der Waals surface area contributed by atoms with Crippen molar-refractivity contribution in [3.8, 4) is 0 Å². The maximum absolute atomic E-state index is 2.77. The third-order valence-electron chi connectivity index (χ3n) is 5.05. The summed E-state index contributed by atoms with van der Waals surface area (Å²) in [6, 6.07) is 0.906. The van der Waals surface area contributed by atoms with E-state index in [0.29, 0.717) is 0 Å². The Morgan fingerprint density at radius 3 is 2.00 bits per heavy atom. The zero-order valence-electron chi connectivity index (χ0n) is 12.0. The lowest BCUT2D eigenvalue weighted by molar-refractivity contribution is 0.0677. The van der Waals surface area contributed by atoms with E-state index in [9.17, 15) is 0 Å². The summed E-state index contributed by atoms with van der Waals surface area (Å²) in [6.45, 7) is 13.5. The first-order chi connectivity index (χ1) is 8.20. The summed E-state index contributed by atoms with van der Waals surface area (Å²) in [5.41, 5.74) is 0. The molecular formula is C15H30N2. The van der Waals surface area contributed by atoms with Crippen LogP contribution in [-0.4, -0.2) is 48.6 Å². The molecule has 1 aliphatic heterocycles. The van der Waals surface area contributed by atoms with Gasteiger partial charge in [-0.1, -0.05) is 20.8 Å². The molecule has 1 heterocycles. The molecule has 2 nitrogen and oxygen atoms in total. The zero-order valence-corrected chi connectivity index (χ0v) is 12.0. The Kier molecular flexibility index (Phi) is 4.87. The molecule has 0 spiro atoms. The fourth-order valence-electron chi connectivity index (χ4n) is 3.58. The van der Waals surface area contributed by atoms with Gasteiger partial charge in [-0.05, 0) is 44.1 Å². The summed E-state index contributed by atoms with van der Waals surface area (Å²) in [5.74, 6) is 1.90. The van der Waals surface area contributed by atoms with Crippen molar-refractivity contribution < 1.29 is 0 Å². The van der Waals surface area contributed by atoms with Gasteiger partial charge in [-0.2, -0.15) is 0 Å². The fraction of sp³-hybridized carbons (Fsp3) is 1.00. The van der Waals surface area contributed by atoms with E-state index >= 15 is 0 Å². The van der Waals surface area contributed by atoms with Gasteiger partial charge in [0.2, 0.25) is 0 Å². The van der Waals surface area contributed by atoms with Crippen molar-refractivity contribution in [2.75, 3.05) is 32.7 Å². The van der Waals surface area contributed by atoms with Crippen LogP contribution in [0.3, 0.4) is 0 Å². The Labute approximate surface area is 107 Å². The summed E-state index contributed by atoms with van der Waals surface area (Å²) in [5, 5.41) is 0. The van der Waals surface area contributed by atoms with Crippen LogP contribution in [0.5, 0.6) is 0 Å². The summed E-state index contributed by atoms with van der Waals surface area (Å²) >= 11 is 0. The lowest BCUT2D eigenvalue weighted by Crippen LogP contribution is -2.51. The molecule has 2 fully saturated rings. The number of rotatable bonds is 3. The molecule has 0 aromatic rings. The predicted octanol–water partition coefficient (Wildman–Crippen LogP) is 2.84. The van der Waals surface area contributed by atoms with Crippen LogP contribution < -0.4 is 0 Å². The van der Waals surface area contributed by atoms with Crippen molar-refractivity contribution in [2.45, 2.75) is 52.5 Å². The van der Waals surface area contributed by atoms with Crippen LogP contribution in [0.2, 0.25) is 0 Å². The van der Waals surface area contributed by atoms with Crippen LogP contribution in [-0.2, 0) is 0 Å². The van der Waals surface area contributed by atoms with Gasteiger partial charge in [0.05, 0.1) is 0 Å². The van der Waals surface area contributed by atoms with E-state index < -0.39 is 0 Å². The van der Waals surface area contributed by atoms with Gasteiger partial charge in [-0.15, -0.1) is 0 Å². The lowest BCUT2D eigenvalue weighted by Gasteiger charge is -2.42. The maximum Gasteiger partial charge on any atom is 0.0113 e. The van der Waals surface area contributed by atoms with Gasteiger partial charge in [0.25, 0.3) is 0 Å². The van der Waals surface area contributed by atoms with E-state index in [2.05, 4.69) is 30.6 Å². The molecule has 1 saturated carbocycles. The van der Waals surface area contributed by atoms with Crippen LogP contribution in [0.15, 0.2) is 0 Å². The van der Waals surface area contributed by atoms with Crippen molar-refractivity contribution in [1.29, 1.82) is 0 Å². The minimum absolute atomic E-state index is 0.896. The molecule has 2 aliphatic rings. The molecule has 2 rings (SSSR count). The molecule has 1 aliphatic carbocycles. The average molecular weight is 238 g/mol. The minimum Gasteiger partial charge on any atom is -0.301 e. The number of nitrogens with zero attached hydrogens (tertiary/aromatic N) is 2. The summed E-state index contributed by atoms with van der Waals surface area (Å²) in [4.78, 5) is 5.35. The Hall–Kier alpha value is -0.0800. The summed E-state index contributed by atoms with van der Waals surface area (Å²) in [7, 11) is 0. The Morgan fingerprint density at radius 2 is 1.53 bits per heavy atom. The number of piperazine rings is 1. The zero-order chi connectivity index (χ0) is 12.3. The predicted molar refractivity (Wildman–Crippen MR) is 74.3 cm³/mol. The summed E-state index contributed by atoms with van der Waals surface area (Å²) in [6.07, 6.45) is 5.84. The van der Waals surface area contributed by atoms with Gasteiger partial charge in [-0.25, -0.2) is 0 Å². The van der Waals surface area contributed by atoms with Crippen LogP contribution in [0.25, 0.3) is 0 Å². The number of hydrogen-bond acceptors (Lipinski definition) is 2. The average Bonchev–Trinajstić information content (AvgIpc) is 2.39. The Morgan fingerprint density at radius 1 is 0.941 bits per heavy atom. The molecule has 0 N–H and O–H groups in total. The molecule has 0 atom stereocenters. The second-order valence-electron chi connectivity index (χ2n) is 6.28. The largest absolute Gasteiger partial charge is 0.301 e. The monoisotopic (exact) mass is 238 g/mol. The highest BCUT2D eigenvalue weighted by Crippen LogP contribution is 2.32. The quantitative estimate of drug-likeness (QED) is 0.746. The van der Waals surface area contributed by atoms with Crippen molar-refractivity contribution >= 4 is 0 Å². The first-order valence-corrected chi connectivity index (χ1v) is 7.67. The van der Waals surface area contributed by atoms with Crippen LogP contribution in [0.1, 0.15) is 46.5 Å². The van der Waals surface area contributed by atoms with Crippen molar-refractivity contribution in [2.24, 2.45) is 11.8 Å². The van der Waals surface area contributed by atoms with E-state index in [1.165, 1.54) is 58.4 Å². The van der Waals surface area contributed by atoms with Crippen LogP contribution in [0.4, 0.5) is 0 Å². The smallest absolute Gasteiger partial charge is 0.0113 e. The van der Waals surface area contributed by atoms with E-state index in [1.54, 1.807) is 0 Å². The van der Waals surface area contributed by atoms with Gasteiger partial charge >= 0.3 is 0 Å². The standard InChI is InChI=1S/C15H30N2/c1-4-16-9-11-17(12-10-16)15-7-5-14(6-8-15)13(2)3/h13-15H,4-12H2,1-3H3. The van der Waals surface area contributed by atoms with Crippen LogP contribution >= 0.6 is 0 Å². The second-order valence-corrected chi connectivity index (χ2v) is 6.28. The highest BCUT2D eigenvalue weighted by Gasteiger charge is 2.28. The highest BCUT2D eigenvalue weighted by molar-refractivity contribution is 4.83. The normalized spacial score (nSPS) is 33.2. The van der Waals surface area contributed by atoms with E-state index in [0.717, 1.165) is 17.9 Å². The third-order valence-corrected chi connectivity index (χ3v) is 5.05. The molecule has 0 aromatic carbocycles. The van der Waals surface area contributed by atoms with E-state index in [4.69, 9.17) is 0 Å². The van der Waals surface area contributed by atoms with Crippen molar-refractivity contribution in [3.05, 3.63) is 0 Å². The second kappa shape index (κ2) is 6.19. The molecular weight excluding hydrogens is 208 g/mol. The first-order valence-electron chi connectivity index (χ1n) is 7.67. The van der Waals surface area contributed by atoms with Gasteiger partial charge in [-0.3, -0.25) is 4.90 Å². The molecule has 0 aromatic heterocycles. The molecule has 0 unspecified atom stereocenters. The third kappa shape index (κ3) is 3.45. The van der Waals surface area contributed by atoms with E-state index in [-0.39, 0.29) is 0 Å². The molecule has 1 saturated heterocycles. The molecule has 0 radical (unpaired) electrons. The van der Waals surface area contributed by atoms with Crippen molar-refractivity contribution in [1.82, 2.24) is 9.80 Å². The van der Waals surface area contributed by atoms with Gasteiger partial charge in [0.1, 0.15) is 0 Å². The topological polar surface area (TPSA) is 6.48 Å². The first kappa shape index (κ1) is 13.4. The van der Waals surface area contributed by atoms with Gasteiger partial charge < -0.3 is 4.90 Å². The SMILES string of the molecule is CCN1CCN(C2CCC(C(C)C)CC2)CC1. The molecule has 2 heteroatoms. The Balaban J connectivity index is 1.74. The fourth-order valence-corrected chi connectivity index (χ4v) is 3.58. The molecule has 0 bridgehead atoms. The number of hydrogen-bond donors (Lipinski definition) is 0. The molecule has 17 heavy (non-hydrogen) atoms.